The zero-order valence-corrected chi connectivity index (χ0v) is 13.9. The van der Waals surface area contributed by atoms with E-state index in [0.29, 0.717) is 16.4 Å². The second-order valence-corrected chi connectivity index (χ2v) is 6.99. The van der Waals surface area contributed by atoms with E-state index in [0.717, 1.165) is 23.1 Å². The highest BCUT2D eigenvalue weighted by Gasteiger charge is 2.39. The summed E-state index contributed by atoms with van der Waals surface area (Å²) in [7, 11) is 0. The zero-order valence-electron chi connectivity index (χ0n) is 13.1. The van der Waals surface area contributed by atoms with Crippen molar-refractivity contribution < 1.29 is 18.8 Å². The number of halogens is 1. The Morgan fingerprint density at radius 1 is 1.38 bits per heavy atom. The summed E-state index contributed by atoms with van der Waals surface area (Å²) in [5.74, 6) is -0.278. The maximum Gasteiger partial charge on any atom is 0.293 e. The number of amides is 3. The van der Waals surface area contributed by atoms with Gasteiger partial charge in [0, 0.05) is 19.0 Å². The van der Waals surface area contributed by atoms with Crippen molar-refractivity contribution in [3.8, 4) is 0 Å². The molecule has 126 valence electrons. The molecule has 0 spiro atoms. The molecule has 1 aliphatic carbocycles. The Balaban J connectivity index is 1.57. The van der Waals surface area contributed by atoms with Crippen LogP contribution >= 0.6 is 11.8 Å². The van der Waals surface area contributed by atoms with Crippen molar-refractivity contribution in [2.45, 2.75) is 13.3 Å². The van der Waals surface area contributed by atoms with Gasteiger partial charge in [-0.1, -0.05) is 19.1 Å². The van der Waals surface area contributed by atoms with Gasteiger partial charge in [0.1, 0.15) is 5.82 Å². The van der Waals surface area contributed by atoms with Gasteiger partial charge < -0.3 is 5.32 Å². The normalized spacial score (nSPS) is 24.6. The number of hydrogen-bond donors (Lipinski definition) is 1. The molecule has 1 N–H and O–H groups in total. The highest BCUT2D eigenvalue weighted by molar-refractivity contribution is 8.18. The first-order valence-corrected chi connectivity index (χ1v) is 8.56. The van der Waals surface area contributed by atoms with Crippen molar-refractivity contribution in [2.75, 3.05) is 13.1 Å². The molecule has 24 heavy (non-hydrogen) atoms. The van der Waals surface area contributed by atoms with Gasteiger partial charge in [-0.05, 0) is 47.9 Å². The van der Waals surface area contributed by atoms with Crippen molar-refractivity contribution in [2.24, 2.45) is 11.8 Å². The Morgan fingerprint density at radius 2 is 2.04 bits per heavy atom. The maximum atomic E-state index is 12.9. The summed E-state index contributed by atoms with van der Waals surface area (Å²) in [5, 5.41) is 2.40. The maximum absolute atomic E-state index is 12.9. The Labute approximate surface area is 143 Å². The SMILES string of the molecule is CC1CC1C(=O)NCCN1C(=O)S/C(=C\c2ccc(F)cc2)C1=O. The number of carbonyl (C=O) groups excluding carboxylic acids is 3. The van der Waals surface area contributed by atoms with Gasteiger partial charge in [0.2, 0.25) is 5.91 Å². The van der Waals surface area contributed by atoms with Gasteiger partial charge >= 0.3 is 0 Å². The fourth-order valence-corrected chi connectivity index (χ4v) is 3.38. The molecule has 7 heteroatoms. The van der Waals surface area contributed by atoms with E-state index in [1.165, 1.54) is 12.1 Å². The number of rotatable bonds is 5. The van der Waals surface area contributed by atoms with Crippen molar-refractivity contribution in [3.05, 3.63) is 40.6 Å². The molecule has 2 aliphatic rings. The number of hydrogen-bond acceptors (Lipinski definition) is 4. The average Bonchev–Trinajstić information content (AvgIpc) is 3.22. The lowest BCUT2D eigenvalue weighted by Gasteiger charge is -2.12. The largest absolute Gasteiger partial charge is 0.354 e. The van der Waals surface area contributed by atoms with E-state index < -0.39 is 0 Å². The Kier molecular flexibility index (Phi) is 4.71. The first-order chi connectivity index (χ1) is 11.5. The van der Waals surface area contributed by atoms with Gasteiger partial charge in [0.25, 0.3) is 11.1 Å². The average molecular weight is 348 g/mol. The predicted octanol–water partition coefficient (Wildman–Crippen LogP) is 2.63. The van der Waals surface area contributed by atoms with Crippen LogP contribution in [-0.2, 0) is 9.59 Å². The minimum atomic E-state index is -0.386. The van der Waals surface area contributed by atoms with E-state index in [-0.39, 0.29) is 41.9 Å². The molecule has 2 atom stereocenters. The van der Waals surface area contributed by atoms with Crippen LogP contribution in [0.25, 0.3) is 6.08 Å². The quantitative estimate of drug-likeness (QED) is 0.831. The van der Waals surface area contributed by atoms with Crippen LogP contribution in [-0.4, -0.2) is 35.0 Å². The third-order valence-electron chi connectivity index (χ3n) is 4.12. The third-order valence-corrected chi connectivity index (χ3v) is 5.03. The second-order valence-electron chi connectivity index (χ2n) is 6.00. The van der Waals surface area contributed by atoms with Gasteiger partial charge in [0.15, 0.2) is 0 Å². The lowest BCUT2D eigenvalue weighted by Crippen LogP contribution is -2.37. The molecule has 2 fully saturated rings. The smallest absolute Gasteiger partial charge is 0.293 e. The van der Waals surface area contributed by atoms with Crippen LogP contribution in [0.1, 0.15) is 18.9 Å². The van der Waals surface area contributed by atoms with Crippen molar-refractivity contribution in [3.63, 3.8) is 0 Å². The molecule has 1 aromatic carbocycles. The van der Waals surface area contributed by atoms with Crippen LogP contribution in [0.15, 0.2) is 29.2 Å². The minimum absolute atomic E-state index is 0.0173. The summed E-state index contributed by atoms with van der Waals surface area (Å²) in [6, 6.07) is 5.68. The molecule has 5 nitrogen and oxygen atoms in total. The van der Waals surface area contributed by atoms with Crippen LogP contribution in [0, 0.1) is 17.7 Å². The van der Waals surface area contributed by atoms with Gasteiger partial charge in [-0.3, -0.25) is 19.3 Å². The summed E-state index contributed by atoms with van der Waals surface area (Å²) in [5.41, 5.74) is 0.651. The lowest BCUT2D eigenvalue weighted by molar-refractivity contribution is -0.125. The van der Waals surface area contributed by atoms with Crippen LogP contribution < -0.4 is 5.32 Å². The minimum Gasteiger partial charge on any atom is -0.354 e. The van der Waals surface area contributed by atoms with Gasteiger partial charge in [0.05, 0.1) is 4.91 Å². The van der Waals surface area contributed by atoms with E-state index in [9.17, 15) is 18.8 Å². The molecule has 0 bridgehead atoms. The van der Waals surface area contributed by atoms with Crippen molar-refractivity contribution in [1.29, 1.82) is 0 Å². The third kappa shape index (κ3) is 3.67. The van der Waals surface area contributed by atoms with E-state index >= 15 is 0 Å². The Morgan fingerprint density at radius 3 is 2.67 bits per heavy atom. The summed E-state index contributed by atoms with van der Waals surface area (Å²) in [6.07, 6.45) is 2.46. The molecule has 1 aliphatic heterocycles. The molecular formula is C17H17FN2O3S. The Hall–Kier alpha value is -2.15. The number of imide groups is 1. The molecule has 1 aromatic rings. The molecule has 0 aromatic heterocycles. The number of nitrogens with one attached hydrogen (secondary N) is 1. The topological polar surface area (TPSA) is 66.5 Å². The van der Waals surface area contributed by atoms with Gasteiger partial charge in [-0.15, -0.1) is 0 Å². The molecule has 3 rings (SSSR count). The predicted molar refractivity (Wildman–Crippen MR) is 89.4 cm³/mol. The number of benzene rings is 1. The highest BCUT2D eigenvalue weighted by atomic mass is 32.2. The van der Waals surface area contributed by atoms with Gasteiger partial charge in [-0.2, -0.15) is 0 Å². The summed E-state index contributed by atoms with van der Waals surface area (Å²) >= 11 is 0.851. The lowest BCUT2D eigenvalue weighted by atomic mass is 10.2. The van der Waals surface area contributed by atoms with Crippen LogP contribution in [0.3, 0.4) is 0 Å². The second kappa shape index (κ2) is 6.76. The Bertz CT molecular complexity index is 717. The van der Waals surface area contributed by atoms with E-state index in [1.807, 2.05) is 6.92 Å². The summed E-state index contributed by atoms with van der Waals surface area (Å²) in [6.45, 7) is 2.42. The van der Waals surface area contributed by atoms with E-state index in [1.54, 1.807) is 18.2 Å². The number of nitrogens with zero attached hydrogens (tertiary/aromatic N) is 1. The van der Waals surface area contributed by atoms with Crippen LogP contribution in [0.4, 0.5) is 9.18 Å². The summed E-state index contributed by atoms with van der Waals surface area (Å²) < 4.78 is 12.9. The molecular weight excluding hydrogens is 331 g/mol. The molecule has 3 amide bonds. The standard InChI is InChI=1S/C17H17FN2O3S/c1-10-8-13(10)15(21)19-6-7-20-16(22)14(24-17(20)23)9-11-2-4-12(18)5-3-11/h2-5,9-10,13H,6-8H2,1H3,(H,19,21)/b14-9-. The fourth-order valence-electron chi connectivity index (χ4n) is 2.51. The monoisotopic (exact) mass is 348 g/mol. The molecule has 1 saturated carbocycles. The molecule has 1 heterocycles. The van der Waals surface area contributed by atoms with E-state index in [4.69, 9.17) is 0 Å². The van der Waals surface area contributed by atoms with Crippen LogP contribution in [0.5, 0.6) is 0 Å². The summed E-state index contributed by atoms with van der Waals surface area (Å²) in [4.78, 5) is 37.4. The highest BCUT2D eigenvalue weighted by Crippen LogP contribution is 2.37. The van der Waals surface area contributed by atoms with Crippen molar-refractivity contribution in [1.82, 2.24) is 10.2 Å². The molecule has 0 radical (unpaired) electrons. The van der Waals surface area contributed by atoms with Crippen LogP contribution in [0.2, 0.25) is 0 Å². The first kappa shape index (κ1) is 16.7. The molecule has 2 unspecified atom stereocenters. The van der Waals surface area contributed by atoms with E-state index in [2.05, 4.69) is 5.32 Å². The van der Waals surface area contributed by atoms with Crippen molar-refractivity contribution >= 4 is 34.9 Å². The van der Waals surface area contributed by atoms with Gasteiger partial charge in [-0.25, -0.2) is 4.39 Å². The first-order valence-electron chi connectivity index (χ1n) is 7.74. The number of carbonyl (C=O) groups is 3. The fraction of sp³-hybridized carbons (Fsp3) is 0.353. The number of thioether (sulfide) groups is 1. The molecule has 1 saturated heterocycles. The zero-order chi connectivity index (χ0) is 17.3.